The molecular weight excluding hydrogens is 284 g/mol. The molecule has 3 heteroatoms. The van der Waals surface area contributed by atoms with Gasteiger partial charge in [0, 0.05) is 5.56 Å². The molecule has 0 spiro atoms. The van der Waals surface area contributed by atoms with E-state index in [1.165, 1.54) is 16.9 Å². The predicted molar refractivity (Wildman–Crippen MR) is 71.3 cm³/mol. The van der Waals surface area contributed by atoms with Gasteiger partial charge in [0.05, 0.1) is 8.66 Å². The first-order chi connectivity index (χ1) is 7.70. The summed E-state index contributed by atoms with van der Waals surface area (Å²) in [5, 5.41) is 0. The van der Waals surface area contributed by atoms with Crippen LogP contribution in [0, 0.1) is 0 Å². The smallest absolute Gasteiger partial charge is 0.202 e. The number of rotatable bonds is 3. The Labute approximate surface area is 107 Å². The molecule has 16 heavy (non-hydrogen) atoms. The van der Waals surface area contributed by atoms with Gasteiger partial charge in [0.2, 0.25) is 5.78 Å². The van der Waals surface area contributed by atoms with Gasteiger partial charge in [-0.05, 0) is 46.1 Å². The van der Waals surface area contributed by atoms with Crippen molar-refractivity contribution in [2.75, 3.05) is 0 Å². The number of ketones is 1. The summed E-state index contributed by atoms with van der Waals surface area (Å²) in [6.45, 7) is 2.09. The maximum atomic E-state index is 12.1. The third-order valence-corrected chi connectivity index (χ3v) is 4.02. The van der Waals surface area contributed by atoms with Crippen LogP contribution in [0.15, 0.2) is 40.2 Å². The molecule has 0 N–H and O–H groups in total. The Morgan fingerprint density at radius 2 is 2.12 bits per heavy atom. The van der Waals surface area contributed by atoms with Crippen molar-refractivity contribution < 1.29 is 4.79 Å². The minimum atomic E-state index is 0.103. The van der Waals surface area contributed by atoms with Crippen molar-refractivity contribution in [2.45, 2.75) is 13.3 Å². The Balaban J connectivity index is 2.33. The monoisotopic (exact) mass is 294 g/mol. The van der Waals surface area contributed by atoms with E-state index in [9.17, 15) is 4.79 Å². The SMILES string of the molecule is CCc1cccc(C(=O)c2ccc(Br)s2)c1. The van der Waals surface area contributed by atoms with Crippen molar-refractivity contribution in [3.05, 3.63) is 56.2 Å². The molecule has 0 radical (unpaired) electrons. The van der Waals surface area contributed by atoms with Gasteiger partial charge in [-0.25, -0.2) is 0 Å². The second kappa shape index (κ2) is 4.93. The molecule has 0 aliphatic carbocycles. The van der Waals surface area contributed by atoms with Crippen LogP contribution in [0.2, 0.25) is 0 Å². The number of carbonyl (C=O) groups excluding carboxylic acids is 1. The van der Waals surface area contributed by atoms with Gasteiger partial charge in [-0.1, -0.05) is 25.1 Å². The zero-order valence-electron chi connectivity index (χ0n) is 8.87. The number of thiophene rings is 1. The zero-order chi connectivity index (χ0) is 11.5. The summed E-state index contributed by atoms with van der Waals surface area (Å²) in [7, 11) is 0. The fourth-order valence-corrected chi connectivity index (χ4v) is 2.86. The van der Waals surface area contributed by atoms with E-state index >= 15 is 0 Å². The molecule has 1 heterocycles. The van der Waals surface area contributed by atoms with Crippen LogP contribution >= 0.6 is 27.3 Å². The molecule has 1 aromatic heterocycles. The summed E-state index contributed by atoms with van der Waals surface area (Å²) in [6, 6.07) is 11.6. The van der Waals surface area contributed by atoms with Crippen LogP contribution < -0.4 is 0 Å². The molecule has 0 fully saturated rings. The molecule has 2 aromatic rings. The Hall–Kier alpha value is -0.930. The highest BCUT2D eigenvalue weighted by Gasteiger charge is 2.11. The normalized spacial score (nSPS) is 10.4. The lowest BCUT2D eigenvalue weighted by Crippen LogP contribution is -1.98. The van der Waals surface area contributed by atoms with E-state index < -0.39 is 0 Å². The second-order valence-electron chi connectivity index (χ2n) is 3.49. The van der Waals surface area contributed by atoms with E-state index in [1.807, 2.05) is 36.4 Å². The van der Waals surface area contributed by atoms with Gasteiger partial charge < -0.3 is 0 Å². The van der Waals surface area contributed by atoms with Crippen LogP contribution in [0.3, 0.4) is 0 Å². The van der Waals surface area contributed by atoms with Gasteiger partial charge >= 0.3 is 0 Å². The highest BCUT2D eigenvalue weighted by atomic mass is 79.9. The van der Waals surface area contributed by atoms with Crippen molar-refractivity contribution in [2.24, 2.45) is 0 Å². The van der Waals surface area contributed by atoms with Crippen molar-refractivity contribution in [1.29, 1.82) is 0 Å². The Kier molecular flexibility index (Phi) is 3.56. The number of aryl methyl sites for hydroxylation is 1. The summed E-state index contributed by atoms with van der Waals surface area (Å²) in [5.74, 6) is 0.103. The van der Waals surface area contributed by atoms with Crippen LogP contribution in [0.5, 0.6) is 0 Å². The number of hydrogen-bond donors (Lipinski definition) is 0. The fraction of sp³-hybridized carbons (Fsp3) is 0.154. The minimum Gasteiger partial charge on any atom is -0.288 e. The van der Waals surface area contributed by atoms with Crippen molar-refractivity contribution >= 4 is 33.0 Å². The maximum Gasteiger partial charge on any atom is 0.202 e. The van der Waals surface area contributed by atoms with Gasteiger partial charge in [-0.2, -0.15) is 0 Å². The number of hydrogen-bond acceptors (Lipinski definition) is 2. The number of halogens is 1. The maximum absolute atomic E-state index is 12.1. The molecule has 0 aliphatic rings. The molecule has 1 aromatic carbocycles. The number of benzene rings is 1. The molecular formula is C13H11BrOS. The highest BCUT2D eigenvalue weighted by Crippen LogP contribution is 2.24. The lowest BCUT2D eigenvalue weighted by molar-refractivity contribution is 0.104. The average Bonchev–Trinajstić information content (AvgIpc) is 2.75. The molecule has 0 unspecified atom stereocenters. The molecule has 82 valence electrons. The Bertz CT molecular complexity index is 516. The van der Waals surface area contributed by atoms with Crippen LogP contribution in [-0.4, -0.2) is 5.78 Å². The largest absolute Gasteiger partial charge is 0.288 e. The topological polar surface area (TPSA) is 17.1 Å². The number of carbonyl (C=O) groups is 1. The van der Waals surface area contributed by atoms with Crippen LogP contribution in [0.4, 0.5) is 0 Å². The quantitative estimate of drug-likeness (QED) is 0.771. The fourth-order valence-electron chi connectivity index (χ4n) is 1.51. The van der Waals surface area contributed by atoms with E-state index in [0.29, 0.717) is 0 Å². The van der Waals surface area contributed by atoms with E-state index in [0.717, 1.165) is 20.6 Å². The van der Waals surface area contributed by atoms with Crippen molar-refractivity contribution in [3.8, 4) is 0 Å². The van der Waals surface area contributed by atoms with Crippen LogP contribution in [-0.2, 0) is 6.42 Å². The summed E-state index contributed by atoms with van der Waals surface area (Å²) in [4.78, 5) is 12.9. The minimum absolute atomic E-state index is 0.103. The highest BCUT2D eigenvalue weighted by molar-refractivity contribution is 9.11. The van der Waals surface area contributed by atoms with Crippen molar-refractivity contribution in [1.82, 2.24) is 0 Å². The predicted octanol–water partition coefficient (Wildman–Crippen LogP) is 4.30. The van der Waals surface area contributed by atoms with Crippen LogP contribution in [0.1, 0.15) is 27.7 Å². The molecule has 0 amide bonds. The van der Waals surface area contributed by atoms with Gasteiger partial charge in [-0.15, -0.1) is 11.3 Å². The van der Waals surface area contributed by atoms with E-state index in [1.54, 1.807) is 0 Å². The summed E-state index contributed by atoms with van der Waals surface area (Å²) in [6.07, 6.45) is 0.954. The molecule has 0 bridgehead atoms. The summed E-state index contributed by atoms with van der Waals surface area (Å²) in [5.41, 5.74) is 1.97. The van der Waals surface area contributed by atoms with Gasteiger partial charge in [0.1, 0.15) is 0 Å². The molecule has 0 saturated heterocycles. The summed E-state index contributed by atoms with van der Waals surface area (Å²) >= 11 is 4.84. The third kappa shape index (κ3) is 2.42. The van der Waals surface area contributed by atoms with E-state index in [2.05, 4.69) is 22.9 Å². The average molecular weight is 295 g/mol. The van der Waals surface area contributed by atoms with E-state index in [4.69, 9.17) is 0 Å². The molecule has 0 atom stereocenters. The molecule has 2 rings (SSSR count). The standard InChI is InChI=1S/C13H11BrOS/c1-2-9-4-3-5-10(8-9)13(15)11-6-7-12(14)16-11/h3-8H,2H2,1H3. The van der Waals surface area contributed by atoms with Gasteiger partial charge in [-0.3, -0.25) is 4.79 Å². The van der Waals surface area contributed by atoms with Crippen LogP contribution in [0.25, 0.3) is 0 Å². The zero-order valence-corrected chi connectivity index (χ0v) is 11.3. The Morgan fingerprint density at radius 3 is 2.75 bits per heavy atom. The van der Waals surface area contributed by atoms with Crippen molar-refractivity contribution in [3.63, 3.8) is 0 Å². The third-order valence-electron chi connectivity index (χ3n) is 2.39. The van der Waals surface area contributed by atoms with Gasteiger partial charge in [0.15, 0.2) is 0 Å². The lowest BCUT2D eigenvalue weighted by atomic mass is 10.1. The molecule has 0 aliphatic heterocycles. The lowest BCUT2D eigenvalue weighted by Gasteiger charge is -2.01. The first-order valence-electron chi connectivity index (χ1n) is 5.09. The molecule has 0 saturated carbocycles. The Morgan fingerprint density at radius 1 is 1.31 bits per heavy atom. The van der Waals surface area contributed by atoms with Gasteiger partial charge in [0.25, 0.3) is 0 Å². The summed E-state index contributed by atoms with van der Waals surface area (Å²) < 4.78 is 0.988. The van der Waals surface area contributed by atoms with E-state index in [-0.39, 0.29) is 5.78 Å². The first-order valence-corrected chi connectivity index (χ1v) is 6.70. The molecule has 1 nitrogen and oxygen atoms in total. The second-order valence-corrected chi connectivity index (χ2v) is 5.95. The first kappa shape index (κ1) is 11.6.